The third-order valence-electron chi connectivity index (χ3n) is 2.27. The van der Waals surface area contributed by atoms with Gasteiger partial charge in [-0.3, -0.25) is 4.68 Å². The van der Waals surface area contributed by atoms with Crippen LogP contribution in [0.2, 0.25) is 10.0 Å². The second-order valence-corrected chi connectivity index (χ2v) is 4.44. The first-order chi connectivity index (χ1) is 8.60. The van der Waals surface area contributed by atoms with Crippen molar-refractivity contribution in [2.45, 2.75) is 6.54 Å². The van der Waals surface area contributed by atoms with Crippen molar-refractivity contribution in [1.82, 2.24) is 14.8 Å². The minimum atomic E-state index is 0.365. The summed E-state index contributed by atoms with van der Waals surface area (Å²) in [6.45, 7) is 0.513. The molecular weight excluding hydrogens is 275 g/mol. The molecular formula is C10H12Cl2N6. The summed E-state index contributed by atoms with van der Waals surface area (Å²) in [5, 5.41) is 8.10. The summed E-state index contributed by atoms with van der Waals surface area (Å²) in [6, 6.07) is 3.48. The van der Waals surface area contributed by atoms with Crippen LogP contribution in [0.5, 0.6) is 0 Å². The molecule has 8 heteroatoms. The van der Waals surface area contributed by atoms with Crippen LogP contribution in [0.3, 0.4) is 0 Å². The predicted molar refractivity (Wildman–Crippen MR) is 72.6 cm³/mol. The summed E-state index contributed by atoms with van der Waals surface area (Å²) in [5.74, 6) is 6.16. The Morgan fingerprint density at radius 1 is 1.33 bits per heavy atom. The summed E-state index contributed by atoms with van der Waals surface area (Å²) in [4.78, 5) is 4.17. The third kappa shape index (κ3) is 2.84. The molecule has 2 rings (SSSR count). The van der Waals surface area contributed by atoms with Crippen molar-refractivity contribution in [3.8, 4) is 0 Å². The van der Waals surface area contributed by atoms with E-state index in [1.165, 1.54) is 0 Å². The zero-order valence-corrected chi connectivity index (χ0v) is 11.1. The van der Waals surface area contributed by atoms with Gasteiger partial charge in [-0.05, 0) is 12.1 Å². The molecule has 96 valence electrons. The largest absolute Gasteiger partial charge is 0.363 e. The standard InChI is InChI=1S/C10H12Cl2N6/c1-18-3-2-6(17-18)5-14-9-7(11)4-8(12)10(15-9)16-13/h2-4H,5,13H2,1H3,(H2,14,15,16). The van der Waals surface area contributed by atoms with Crippen LogP contribution in [-0.4, -0.2) is 14.8 Å². The topological polar surface area (TPSA) is 80.8 Å². The highest BCUT2D eigenvalue weighted by molar-refractivity contribution is 6.37. The van der Waals surface area contributed by atoms with Gasteiger partial charge in [0.1, 0.15) is 5.82 Å². The fourth-order valence-corrected chi connectivity index (χ4v) is 1.90. The summed E-state index contributed by atoms with van der Waals surface area (Å²) >= 11 is 11.9. The minimum Gasteiger partial charge on any atom is -0.363 e. The Kier molecular flexibility index (Phi) is 3.90. The number of nitrogens with two attached hydrogens (primary N) is 1. The van der Waals surface area contributed by atoms with Gasteiger partial charge in [-0.25, -0.2) is 10.8 Å². The normalized spacial score (nSPS) is 10.4. The molecule has 0 saturated carbocycles. The monoisotopic (exact) mass is 286 g/mol. The van der Waals surface area contributed by atoms with Gasteiger partial charge in [-0.1, -0.05) is 23.2 Å². The van der Waals surface area contributed by atoms with Crippen LogP contribution in [0.1, 0.15) is 5.69 Å². The number of nitrogens with zero attached hydrogens (tertiary/aromatic N) is 3. The minimum absolute atomic E-state index is 0.365. The highest BCUT2D eigenvalue weighted by Gasteiger charge is 2.08. The molecule has 0 bridgehead atoms. The lowest BCUT2D eigenvalue weighted by molar-refractivity contribution is 0.747. The molecule has 18 heavy (non-hydrogen) atoms. The quantitative estimate of drug-likeness (QED) is 0.592. The molecule has 0 fully saturated rings. The van der Waals surface area contributed by atoms with Gasteiger partial charge in [-0.2, -0.15) is 5.10 Å². The molecule has 0 saturated heterocycles. The number of anilines is 2. The van der Waals surface area contributed by atoms with E-state index in [1.54, 1.807) is 10.7 Å². The van der Waals surface area contributed by atoms with E-state index in [0.717, 1.165) is 5.69 Å². The fourth-order valence-electron chi connectivity index (χ4n) is 1.42. The summed E-state index contributed by atoms with van der Waals surface area (Å²) in [7, 11) is 1.85. The molecule has 0 radical (unpaired) electrons. The number of hydrogen-bond acceptors (Lipinski definition) is 5. The van der Waals surface area contributed by atoms with Gasteiger partial charge in [-0.15, -0.1) is 0 Å². The Morgan fingerprint density at radius 2 is 2.06 bits per heavy atom. The number of rotatable bonds is 4. The average molecular weight is 287 g/mol. The zero-order chi connectivity index (χ0) is 13.1. The van der Waals surface area contributed by atoms with E-state index in [4.69, 9.17) is 29.0 Å². The lowest BCUT2D eigenvalue weighted by atomic mass is 10.4. The molecule has 2 aromatic rings. The van der Waals surface area contributed by atoms with Crippen molar-refractivity contribution < 1.29 is 0 Å². The van der Waals surface area contributed by atoms with E-state index in [9.17, 15) is 0 Å². The van der Waals surface area contributed by atoms with Gasteiger partial charge in [0.05, 0.1) is 22.3 Å². The summed E-state index contributed by atoms with van der Waals surface area (Å²) in [6.07, 6.45) is 1.86. The van der Waals surface area contributed by atoms with Crippen molar-refractivity contribution >= 4 is 34.8 Å². The Morgan fingerprint density at radius 3 is 2.67 bits per heavy atom. The average Bonchev–Trinajstić information content (AvgIpc) is 2.74. The van der Waals surface area contributed by atoms with Gasteiger partial charge >= 0.3 is 0 Å². The molecule has 0 spiro atoms. The van der Waals surface area contributed by atoms with Crippen molar-refractivity contribution in [3.63, 3.8) is 0 Å². The smallest absolute Gasteiger partial charge is 0.161 e. The lowest BCUT2D eigenvalue weighted by Gasteiger charge is -2.09. The van der Waals surface area contributed by atoms with E-state index >= 15 is 0 Å². The Hall–Kier alpha value is -1.50. The predicted octanol–water partition coefficient (Wildman–Crippen LogP) is 2.02. The van der Waals surface area contributed by atoms with Crippen LogP contribution in [-0.2, 0) is 13.6 Å². The highest BCUT2D eigenvalue weighted by Crippen LogP contribution is 2.28. The van der Waals surface area contributed by atoms with Gasteiger partial charge < -0.3 is 10.7 Å². The van der Waals surface area contributed by atoms with E-state index in [-0.39, 0.29) is 0 Å². The van der Waals surface area contributed by atoms with E-state index in [1.807, 2.05) is 19.3 Å². The van der Waals surface area contributed by atoms with Crippen LogP contribution >= 0.6 is 23.2 Å². The first-order valence-electron chi connectivity index (χ1n) is 5.15. The van der Waals surface area contributed by atoms with Crippen LogP contribution in [0, 0.1) is 0 Å². The molecule has 0 aliphatic carbocycles. The molecule has 0 aliphatic heterocycles. The molecule has 2 aromatic heterocycles. The molecule has 4 N–H and O–H groups in total. The number of aromatic nitrogens is 3. The zero-order valence-electron chi connectivity index (χ0n) is 9.61. The maximum atomic E-state index is 6.03. The van der Waals surface area contributed by atoms with Gasteiger partial charge in [0.25, 0.3) is 0 Å². The van der Waals surface area contributed by atoms with Crippen molar-refractivity contribution in [2.75, 3.05) is 10.7 Å². The first-order valence-corrected chi connectivity index (χ1v) is 5.91. The third-order valence-corrected chi connectivity index (χ3v) is 2.85. The van der Waals surface area contributed by atoms with Gasteiger partial charge in [0.15, 0.2) is 5.82 Å². The van der Waals surface area contributed by atoms with Crippen LogP contribution in [0.15, 0.2) is 18.3 Å². The lowest BCUT2D eigenvalue weighted by Crippen LogP contribution is -2.11. The second-order valence-electron chi connectivity index (χ2n) is 3.63. The number of hydrogen-bond donors (Lipinski definition) is 3. The Bertz CT molecular complexity index is 553. The van der Waals surface area contributed by atoms with Crippen LogP contribution in [0.25, 0.3) is 0 Å². The van der Waals surface area contributed by atoms with Crippen molar-refractivity contribution in [1.29, 1.82) is 0 Å². The molecule has 0 aliphatic rings. The maximum absolute atomic E-state index is 6.03. The highest BCUT2D eigenvalue weighted by atomic mass is 35.5. The number of hydrazine groups is 1. The molecule has 2 heterocycles. The van der Waals surface area contributed by atoms with E-state index in [0.29, 0.717) is 28.2 Å². The number of nitrogens with one attached hydrogen (secondary N) is 2. The molecule has 0 atom stereocenters. The van der Waals surface area contributed by atoms with Crippen LogP contribution < -0.4 is 16.6 Å². The Balaban J connectivity index is 2.13. The van der Waals surface area contributed by atoms with E-state index < -0.39 is 0 Å². The number of aryl methyl sites for hydroxylation is 1. The van der Waals surface area contributed by atoms with Crippen molar-refractivity contribution in [3.05, 3.63) is 34.1 Å². The fraction of sp³-hybridized carbons (Fsp3) is 0.200. The van der Waals surface area contributed by atoms with Crippen LogP contribution in [0.4, 0.5) is 11.6 Å². The molecule has 0 unspecified atom stereocenters. The molecule has 0 aromatic carbocycles. The summed E-state index contributed by atoms with van der Waals surface area (Å²) in [5.41, 5.74) is 3.29. The van der Waals surface area contributed by atoms with Gasteiger partial charge in [0, 0.05) is 13.2 Å². The second kappa shape index (κ2) is 5.43. The number of pyridine rings is 1. The number of nitrogen functional groups attached to an aromatic ring is 1. The molecule has 0 amide bonds. The molecule has 6 nitrogen and oxygen atoms in total. The first kappa shape index (κ1) is 12.9. The van der Waals surface area contributed by atoms with E-state index in [2.05, 4.69) is 20.8 Å². The summed E-state index contributed by atoms with van der Waals surface area (Å²) < 4.78 is 1.72. The SMILES string of the molecule is Cn1ccc(CNc2nc(NN)c(Cl)cc2Cl)n1. The van der Waals surface area contributed by atoms with Gasteiger partial charge in [0.2, 0.25) is 0 Å². The van der Waals surface area contributed by atoms with Crippen molar-refractivity contribution in [2.24, 2.45) is 12.9 Å². The maximum Gasteiger partial charge on any atom is 0.161 e. The number of halogens is 2. The Labute approximate surface area is 114 Å².